The van der Waals surface area contributed by atoms with Crippen LogP contribution >= 0.6 is 11.3 Å². The maximum Gasteiger partial charge on any atom is 0.460 e. The minimum absolute atomic E-state index is 0.278. The molecule has 2 nitrogen and oxygen atoms in total. The number of hydrogen-bond donors (Lipinski definition) is 0. The van der Waals surface area contributed by atoms with Crippen LogP contribution in [-0.4, -0.2) is 40.1 Å². The van der Waals surface area contributed by atoms with Crippen LogP contribution in [0.2, 0.25) is 0 Å². The highest BCUT2D eigenvalue weighted by atomic mass is 32.1. The zero-order valence-electron chi connectivity index (χ0n) is 10.3. The predicted molar refractivity (Wildman–Crippen MR) is 49.6 cm³/mol. The highest BCUT2D eigenvalue weighted by Gasteiger charge is 2.91. The van der Waals surface area contributed by atoms with Crippen molar-refractivity contribution < 1.29 is 57.1 Å². The maximum atomic E-state index is 13.3. The lowest BCUT2D eigenvalue weighted by Crippen LogP contribution is -2.69. The van der Waals surface area contributed by atoms with Crippen LogP contribution in [0.3, 0.4) is 0 Å². The summed E-state index contributed by atoms with van der Waals surface area (Å²) in [5.74, 6) is -37.1. The number of alkyl halides is 13. The molecule has 0 spiro atoms. The van der Waals surface area contributed by atoms with Crippen LogP contribution in [0.25, 0.3) is 0 Å². The van der Waals surface area contributed by atoms with Gasteiger partial charge in [-0.15, -0.1) is 10.2 Å². The van der Waals surface area contributed by atoms with E-state index in [0.717, 1.165) is 0 Å². The molecule has 0 amide bonds. The zero-order chi connectivity index (χ0) is 19.4. The highest BCUT2D eigenvalue weighted by molar-refractivity contribution is 7.09. The summed E-state index contributed by atoms with van der Waals surface area (Å²) in [5, 5.41) is 2.45. The van der Waals surface area contributed by atoms with Gasteiger partial charge in [-0.3, -0.25) is 0 Å². The molecule has 0 N–H and O–H groups in total. The topological polar surface area (TPSA) is 25.8 Å². The molecule has 1 heterocycles. The van der Waals surface area contributed by atoms with Crippen LogP contribution < -0.4 is 0 Å². The maximum absolute atomic E-state index is 13.3. The number of halogens is 13. The molecule has 0 fully saturated rings. The number of aromatic nitrogens is 2. The van der Waals surface area contributed by atoms with Crippen molar-refractivity contribution >= 4 is 11.3 Å². The van der Waals surface area contributed by atoms with Crippen molar-refractivity contribution in [3.63, 3.8) is 0 Å². The van der Waals surface area contributed by atoms with Crippen LogP contribution in [0, 0.1) is 0 Å². The van der Waals surface area contributed by atoms with Crippen LogP contribution in [-0.2, 0) is 5.92 Å². The largest absolute Gasteiger partial charge is 0.460 e. The van der Waals surface area contributed by atoms with Crippen molar-refractivity contribution in [2.45, 2.75) is 35.8 Å². The average Bonchev–Trinajstić information content (AvgIpc) is 2.90. The van der Waals surface area contributed by atoms with Gasteiger partial charge < -0.3 is 0 Å². The van der Waals surface area contributed by atoms with E-state index in [2.05, 4.69) is 10.2 Å². The Morgan fingerprint density at radius 2 is 1.04 bits per heavy atom. The van der Waals surface area contributed by atoms with Gasteiger partial charge in [0.1, 0.15) is 5.51 Å². The number of nitrogens with zero attached hydrogens (tertiary/aromatic N) is 2. The SMILES string of the molecule is FC(F)(F)C(F)(F)C(F)(F)C(F)(F)C(F)(F)C(F)(F)c1nncs1. The molecule has 0 aliphatic heterocycles. The van der Waals surface area contributed by atoms with Gasteiger partial charge in [0.2, 0.25) is 0 Å². The second kappa shape index (κ2) is 5.32. The second-order valence-electron chi connectivity index (χ2n) is 4.11. The van der Waals surface area contributed by atoms with Gasteiger partial charge in [0.25, 0.3) is 0 Å². The predicted octanol–water partition coefficient (Wildman–Crippen LogP) is 4.73. The molecule has 0 bridgehead atoms. The van der Waals surface area contributed by atoms with E-state index in [4.69, 9.17) is 0 Å². The third-order valence-corrected chi connectivity index (χ3v) is 3.32. The van der Waals surface area contributed by atoms with Gasteiger partial charge >= 0.3 is 35.8 Å². The van der Waals surface area contributed by atoms with E-state index >= 15 is 0 Å². The first-order valence-electron chi connectivity index (χ1n) is 5.08. The van der Waals surface area contributed by atoms with Crippen molar-refractivity contribution in [1.29, 1.82) is 0 Å². The monoisotopic (exact) mass is 404 g/mol. The number of hydrogen-bond acceptors (Lipinski definition) is 3. The van der Waals surface area contributed by atoms with Crippen LogP contribution in [0.5, 0.6) is 0 Å². The Morgan fingerprint density at radius 1 is 0.625 bits per heavy atom. The molecule has 0 radical (unpaired) electrons. The van der Waals surface area contributed by atoms with E-state index in [0.29, 0.717) is 0 Å². The molecular weight excluding hydrogens is 403 g/mol. The molecule has 16 heteroatoms. The summed E-state index contributed by atoms with van der Waals surface area (Å²) in [4.78, 5) is 0. The van der Waals surface area contributed by atoms with Gasteiger partial charge in [-0.25, -0.2) is 0 Å². The van der Waals surface area contributed by atoms with Crippen molar-refractivity contribution in [1.82, 2.24) is 10.2 Å². The summed E-state index contributed by atoms with van der Waals surface area (Å²) in [6, 6.07) is 0. The van der Waals surface area contributed by atoms with E-state index < -0.39 is 52.1 Å². The number of rotatable bonds is 5. The van der Waals surface area contributed by atoms with Crippen LogP contribution in [0.1, 0.15) is 5.01 Å². The zero-order valence-corrected chi connectivity index (χ0v) is 11.1. The van der Waals surface area contributed by atoms with Crippen LogP contribution in [0.4, 0.5) is 57.1 Å². The molecule has 0 unspecified atom stereocenters. The van der Waals surface area contributed by atoms with Gasteiger partial charge in [-0.05, 0) is 0 Å². The van der Waals surface area contributed by atoms with E-state index in [1.165, 1.54) is 0 Å². The fourth-order valence-corrected chi connectivity index (χ4v) is 1.78. The highest BCUT2D eigenvalue weighted by Crippen LogP contribution is 2.62. The fourth-order valence-electron chi connectivity index (χ4n) is 1.21. The first-order chi connectivity index (χ1) is 10.4. The molecule has 24 heavy (non-hydrogen) atoms. The smallest absolute Gasteiger partial charge is 0.192 e. The van der Waals surface area contributed by atoms with E-state index in [1.54, 1.807) is 0 Å². The second-order valence-corrected chi connectivity index (χ2v) is 4.95. The minimum Gasteiger partial charge on any atom is -0.192 e. The Kier molecular flexibility index (Phi) is 4.59. The third-order valence-electron chi connectivity index (χ3n) is 2.56. The summed E-state index contributed by atoms with van der Waals surface area (Å²) >= 11 is -0.544. The minimum atomic E-state index is -7.91. The first kappa shape index (κ1) is 20.7. The van der Waals surface area contributed by atoms with Crippen molar-refractivity contribution in [2.24, 2.45) is 0 Å². The lowest BCUT2D eigenvalue weighted by molar-refractivity contribution is -0.441. The molecule has 140 valence electrons. The van der Waals surface area contributed by atoms with Crippen molar-refractivity contribution in [2.75, 3.05) is 0 Å². The van der Waals surface area contributed by atoms with Gasteiger partial charge in [0.05, 0.1) is 0 Å². The summed E-state index contributed by atoms with van der Waals surface area (Å²) in [7, 11) is 0. The molecule has 1 aromatic heterocycles. The molecule has 0 saturated carbocycles. The quantitative estimate of drug-likeness (QED) is 0.664. The molecule has 0 aliphatic carbocycles. The average molecular weight is 404 g/mol. The van der Waals surface area contributed by atoms with Crippen LogP contribution in [0.15, 0.2) is 5.51 Å². The Bertz CT molecular complexity index is 575. The summed E-state index contributed by atoms with van der Waals surface area (Å²) in [6.45, 7) is 0. The van der Waals surface area contributed by atoms with Crippen molar-refractivity contribution in [3.8, 4) is 0 Å². The van der Waals surface area contributed by atoms with Crippen molar-refractivity contribution in [3.05, 3.63) is 10.5 Å². The summed E-state index contributed by atoms with van der Waals surface area (Å²) < 4.78 is 165. The van der Waals surface area contributed by atoms with Gasteiger partial charge in [0, 0.05) is 0 Å². The third kappa shape index (κ3) is 2.48. The normalized spacial score (nSPS) is 15.7. The summed E-state index contributed by atoms with van der Waals surface area (Å²) in [6.07, 6.45) is -7.42. The first-order valence-corrected chi connectivity index (χ1v) is 5.96. The fraction of sp³-hybridized carbons (Fsp3) is 0.750. The Hall–Kier alpha value is -1.35. The lowest BCUT2D eigenvalue weighted by Gasteiger charge is -2.39. The van der Waals surface area contributed by atoms with E-state index in [1.807, 2.05) is 0 Å². The Labute approximate surface area is 126 Å². The Morgan fingerprint density at radius 3 is 1.38 bits per heavy atom. The molecule has 0 atom stereocenters. The van der Waals surface area contributed by atoms with Gasteiger partial charge in [-0.2, -0.15) is 57.1 Å². The molecule has 0 aromatic carbocycles. The van der Waals surface area contributed by atoms with E-state index in [-0.39, 0.29) is 5.51 Å². The van der Waals surface area contributed by atoms with Gasteiger partial charge in [-0.1, -0.05) is 11.3 Å². The van der Waals surface area contributed by atoms with E-state index in [9.17, 15) is 57.1 Å². The standard InChI is InChI=1S/C8HF13N2S/c9-3(10,2-23-22-1-24-2)4(11,12)5(13,14)6(15,16)7(17,18)8(19,20)21/h1H. The molecule has 0 aliphatic rings. The Balaban J connectivity index is 3.51. The lowest BCUT2D eigenvalue weighted by atomic mass is 9.94. The summed E-state index contributed by atoms with van der Waals surface area (Å²) in [5.41, 5.74) is 0.278. The molecule has 1 aromatic rings. The molecular formula is C8HF13N2S. The van der Waals surface area contributed by atoms with Gasteiger partial charge in [0.15, 0.2) is 5.01 Å². The molecule has 0 saturated heterocycles. The molecule has 1 rings (SSSR count).